The number of carbonyl (C=O) groups excluding carboxylic acids is 1. The van der Waals surface area contributed by atoms with E-state index in [1.165, 1.54) is 0 Å². The van der Waals surface area contributed by atoms with Crippen LogP contribution in [0.5, 0.6) is 11.6 Å². The van der Waals surface area contributed by atoms with Crippen LogP contribution in [0.4, 0.5) is 4.79 Å². The lowest BCUT2D eigenvalue weighted by Gasteiger charge is -2.17. The summed E-state index contributed by atoms with van der Waals surface area (Å²) in [6.07, 6.45) is 5.17. The molecule has 0 bridgehead atoms. The lowest BCUT2D eigenvalue weighted by Crippen LogP contribution is -2.28. The number of H-pyrrole nitrogens is 1. The second-order valence-corrected chi connectivity index (χ2v) is 11.0. The molecule has 4 heterocycles. The highest BCUT2D eigenvalue weighted by Crippen LogP contribution is 2.38. The van der Waals surface area contributed by atoms with Gasteiger partial charge in [-0.05, 0) is 42.8 Å². The summed E-state index contributed by atoms with van der Waals surface area (Å²) in [6.45, 7) is 2.56. The van der Waals surface area contributed by atoms with Crippen LogP contribution in [0.15, 0.2) is 85.2 Å². The molecule has 0 spiro atoms. The molecule has 3 aromatic carbocycles. The van der Waals surface area contributed by atoms with Gasteiger partial charge in [0, 0.05) is 65.7 Å². The molecule has 0 radical (unpaired) electrons. The van der Waals surface area contributed by atoms with Crippen molar-refractivity contribution >= 4 is 44.6 Å². The Labute approximate surface area is 253 Å². The summed E-state index contributed by atoms with van der Waals surface area (Å²) in [7, 11) is 0. The van der Waals surface area contributed by atoms with Crippen LogP contribution in [-0.4, -0.2) is 56.3 Å². The molecule has 2 N–H and O–H groups in total. The number of para-hydroxylation sites is 1. The number of aromatic amines is 1. The predicted octanol–water partition coefficient (Wildman–Crippen LogP) is 7.03. The minimum atomic E-state index is -1.38. The maximum atomic E-state index is 12.2. The van der Waals surface area contributed by atoms with E-state index in [-0.39, 0.29) is 11.8 Å². The molecule has 0 atom stereocenters. The summed E-state index contributed by atoms with van der Waals surface area (Å²) in [6, 6.07) is 24.1. The Morgan fingerprint density at radius 2 is 1.80 bits per heavy atom. The molecule has 0 aliphatic carbocycles. The normalized spacial score (nSPS) is 13.4. The number of nitrogens with zero attached hydrogens (tertiary/aromatic N) is 3. The van der Waals surface area contributed by atoms with Crippen molar-refractivity contribution in [1.29, 1.82) is 0 Å². The average Bonchev–Trinajstić information content (AvgIpc) is 3.74. The zero-order chi connectivity index (χ0) is 30.0. The molecule has 9 heteroatoms. The average molecular weight is 589 g/mol. The van der Waals surface area contributed by atoms with E-state index in [4.69, 9.17) is 14.5 Å². The van der Waals surface area contributed by atoms with Gasteiger partial charge in [-0.15, -0.1) is 0 Å². The van der Waals surface area contributed by atoms with Gasteiger partial charge in [-0.1, -0.05) is 54.6 Å². The third-order valence-corrected chi connectivity index (χ3v) is 8.38. The van der Waals surface area contributed by atoms with E-state index < -0.39 is 6.16 Å². The van der Waals surface area contributed by atoms with Gasteiger partial charge in [0.15, 0.2) is 0 Å². The van der Waals surface area contributed by atoms with Crippen LogP contribution in [0, 0.1) is 0 Å². The van der Waals surface area contributed by atoms with Crippen molar-refractivity contribution in [2.75, 3.05) is 19.7 Å². The van der Waals surface area contributed by atoms with Crippen molar-refractivity contribution < 1.29 is 24.2 Å². The third kappa shape index (κ3) is 5.21. The number of aryl methyl sites for hydroxylation is 1. The molecule has 7 rings (SSSR count). The fourth-order valence-electron chi connectivity index (χ4n) is 6.32. The Balaban J connectivity index is 1.19. The summed E-state index contributed by atoms with van der Waals surface area (Å²) >= 11 is 0. The highest BCUT2D eigenvalue weighted by molar-refractivity contribution is 6.03. The zero-order valence-electron chi connectivity index (χ0n) is 24.2. The van der Waals surface area contributed by atoms with Crippen molar-refractivity contribution in [3.63, 3.8) is 0 Å². The molecule has 3 aromatic heterocycles. The second kappa shape index (κ2) is 11.8. The van der Waals surface area contributed by atoms with Crippen molar-refractivity contribution in [3.05, 3.63) is 90.8 Å². The largest absolute Gasteiger partial charge is 0.512 e. The monoisotopic (exact) mass is 588 g/mol. The van der Waals surface area contributed by atoms with Crippen LogP contribution in [0.25, 0.3) is 43.8 Å². The minimum absolute atomic E-state index is 0.206. The predicted molar refractivity (Wildman–Crippen MR) is 169 cm³/mol. The molecular formula is C35H32N4O5. The number of hydrogen-bond acceptors (Lipinski definition) is 5. The van der Waals surface area contributed by atoms with Crippen molar-refractivity contribution in [2.24, 2.45) is 0 Å². The first-order valence-electron chi connectivity index (χ1n) is 14.9. The van der Waals surface area contributed by atoms with Crippen LogP contribution in [0.1, 0.15) is 24.8 Å². The summed E-state index contributed by atoms with van der Waals surface area (Å²) in [4.78, 5) is 33.8. The Morgan fingerprint density at radius 3 is 2.66 bits per heavy atom. The number of carboxylic acid groups (broad SMARTS) is 1. The number of benzene rings is 3. The molecule has 0 saturated carbocycles. The van der Waals surface area contributed by atoms with Crippen LogP contribution >= 0.6 is 0 Å². The molecular weight excluding hydrogens is 556 g/mol. The number of hydrogen-bond donors (Lipinski definition) is 2. The minimum Gasteiger partial charge on any atom is -0.493 e. The number of aromatic nitrogens is 3. The molecule has 1 aliphatic rings. The van der Waals surface area contributed by atoms with E-state index in [1.807, 2.05) is 65.7 Å². The smallest absolute Gasteiger partial charge is 0.493 e. The van der Waals surface area contributed by atoms with Gasteiger partial charge in [0.25, 0.3) is 0 Å². The first-order valence-corrected chi connectivity index (χ1v) is 14.9. The van der Waals surface area contributed by atoms with Crippen LogP contribution in [0.3, 0.4) is 0 Å². The van der Waals surface area contributed by atoms with E-state index in [0.717, 1.165) is 68.1 Å². The van der Waals surface area contributed by atoms with Crippen LogP contribution < -0.4 is 9.47 Å². The first-order chi connectivity index (χ1) is 21.6. The number of pyridine rings is 1. The third-order valence-electron chi connectivity index (χ3n) is 8.38. The van der Waals surface area contributed by atoms with Gasteiger partial charge >= 0.3 is 6.16 Å². The molecule has 44 heavy (non-hydrogen) atoms. The fourth-order valence-corrected chi connectivity index (χ4v) is 6.32. The number of ether oxygens (including phenoxy) is 2. The van der Waals surface area contributed by atoms with E-state index in [2.05, 4.69) is 27.8 Å². The highest BCUT2D eigenvalue weighted by atomic mass is 16.7. The molecule has 1 saturated heterocycles. The quantitative estimate of drug-likeness (QED) is 0.131. The van der Waals surface area contributed by atoms with Gasteiger partial charge < -0.3 is 29.0 Å². The van der Waals surface area contributed by atoms with E-state index >= 15 is 0 Å². The lowest BCUT2D eigenvalue weighted by atomic mass is 10.0. The molecule has 6 aromatic rings. The number of likely N-dealkylation sites (tertiary alicyclic amines) is 1. The lowest BCUT2D eigenvalue weighted by molar-refractivity contribution is -0.127. The Morgan fingerprint density at radius 1 is 0.955 bits per heavy atom. The van der Waals surface area contributed by atoms with E-state index in [1.54, 1.807) is 6.20 Å². The summed E-state index contributed by atoms with van der Waals surface area (Å²) < 4.78 is 13.6. The van der Waals surface area contributed by atoms with Gasteiger partial charge in [-0.2, -0.15) is 0 Å². The zero-order valence-corrected chi connectivity index (χ0v) is 24.2. The summed E-state index contributed by atoms with van der Waals surface area (Å²) in [5.41, 5.74) is 4.13. The first kappa shape index (κ1) is 27.5. The van der Waals surface area contributed by atoms with Crippen molar-refractivity contribution in [2.45, 2.75) is 32.2 Å². The van der Waals surface area contributed by atoms with Crippen molar-refractivity contribution in [1.82, 2.24) is 19.4 Å². The molecule has 0 unspecified atom stereocenters. The molecule has 1 amide bonds. The van der Waals surface area contributed by atoms with Gasteiger partial charge in [0.05, 0.1) is 23.3 Å². The summed E-state index contributed by atoms with van der Waals surface area (Å²) in [5, 5.41) is 13.6. The molecule has 9 nitrogen and oxygen atoms in total. The van der Waals surface area contributed by atoms with Gasteiger partial charge in [0.1, 0.15) is 5.75 Å². The maximum absolute atomic E-state index is 12.2. The number of nitrogens with one attached hydrogen (secondary N) is 1. The Hall–Kier alpha value is -5.31. The number of rotatable bonds is 10. The Kier molecular flexibility index (Phi) is 7.35. The highest BCUT2D eigenvalue weighted by Gasteiger charge is 2.22. The summed E-state index contributed by atoms with van der Waals surface area (Å²) in [5.74, 6) is 1.24. The maximum Gasteiger partial charge on any atom is 0.512 e. The fraction of sp³-hybridized carbons (Fsp3) is 0.229. The molecule has 1 aliphatic heterocycles. The number of amides is 1. The standard InChI is InChI=1S/C35H32N4O5/c40-30-14-5-18-38(30)20-21-39-19-16-24-15-17-36-32(33(24)39)28-11-4-10-26-27(34(37-31(26)28)44-35(41)42)12-6-22-43-29-13-3-8-23-7-1-2-9-25(23)29/h1-4,7-11,13,15-17,19,37H,5-6,12,14,18,20-22H2,(H,41,42). The SMILES string of the molecule is O=C(O)Oc1[nH]c2c(-c3nccc4ccn(CCN5CCCC5=O)c34)cccc2c1CCCOc1cccc2ccccc12. The Bertz CT molecular complexity index is 2000. The van der Waals surface area contributed by atoms with Crippen molar-refractivity contribution in [3.8, 4) is 22.9 Å². The second-order valence-electron chi connectivity index (χ2n) is 11.0. The van der Waals surface area contributed by atoms with E-state index in [0.29, 0.717) is 39.0 Å². The van der Waals surface area contributed by atoms with Gasteiger partial charge in [-0.25, -0.2) is 4.79 Å². The van der Waals surface area contributed by atoms with E-state index in [9.17, 15) is 14.7 Å². The van der Waals surface area contributed by atoms with Crippen LogP contribution in [0.2, 0.25) is 0 Å². The molecule has 222 valence electrons. The van der Waals surface area contributed by atoms with Crippen LogP contribution in [-0.2, 0) is 17.8 Å². The van der Waals surface area contributed by atoms with Gasteiger partial charge in [0.2, 0.25) is 11.8 Å². The number of carbonyl (C=O) groups is 2. The van der Waals surface area contributed by atoms with Gasteiger partial charge in [-0.3, -0.25) is 9.78 Å². The molecule has 1 fully saturated rings. The topological polar surface area (TPSA) is 110 Å². The number of fused-ring (bicyclic) bond motifs is 3.